The highest BCUT2D eigenvalue weighted by Gasteiger charge is 2.60. The van der Waals surface area contributed by atoms with Gasteiger partial charge in [0.1, 0.15) is 23.1 Å². The number of aromatic hydroxyl groups is 1. The number of carbonyl (C=O) groups is 3. The maximum absolute atomic E-state index is 14.0. The number of H-pyrrole nitrogens is 1. The van der Waals surface area contributed by atoms with Crippen molar-refractivity contribution in [2.75, 3.05) is 39.3 Å². The van der Waals surface area contributed by atoms with Crippen LogP contribution in [0.5, 0.6) is 11.5 Å². The van der Waals surface area contributed by atoms with Gasteiger partial charge in [0, 0.05) is 69.2 Å². The quantitative estimate of drug-likeness (QED) is 0.443. The molecule has 3 aliphatic heterocycles. The number of benzene rings is 2. The lowest BCUT2D eigenvalue weighted by Gasteiger charge is -2.42. The molecular formula is C29H31F2N5O5. The number of fused-ring (bicyclic) bond motifs is 4. The first-order valence-electron chi connectivity index (χ1n) is 13.6. The summed E-state index contributed by atoms with van der Waals surface area (Å²) >= 11 is 0. The van der Waals surface area contributed by atoms with E-state index in [1.165, 1.54) is 23.1 Å². The SMILES string of the molecule is CC(=O)N1CCN(CCN2C(=O)N3C(c4cccc(O)c4)c4[nH]c5ccc(OC(F)F)cc5c4C[C@@]3(C)C2=O)CC1. The van der Waals surface area contributed by atoms with E-state index in [1.54, 1.807) is 47.9 Å². The normalized spacial score (nSPS) is 23.0. The molecule has 4 heterocycles. The molecule has 0 spiro atoms. The highest BCUT2D eigenvalue weighted by molar-refractivity contribution is 6.08. The van der Waals surface area contributed by atoms with Crippen molar-refractivity contribution in [3.8, 4) is 11.5 Å². The second-order valence-electron chi connectivity index (χ2n) is 11.0. The van der Waals surface area contributed by atoms with Crippen LogP contribution in [0.4, 0.5) is 13.6 Å². The van der Waals surface area contributed by atoms with Crippen LogP contribution < -0.4 is 4.74 Å². The van der Waals surface area contributed by atoms with Gasteiger partial charge in [-0.1, -0.05) is 12.1 Å². The predicted octanol–water partition coefficient (Wildman–Crippen LogP) is 3.31. The van der Waals surface area contributed by atoms with Crippen LogP contribution in [0.3, 0.4) is 0 Å². The van der Waals surface area contributed by atoms with Crippen LogP contribution in [0.15, 0.2) is 42.5 Å². The van der Waals surface area contributed by atoms with Gasteiger partial charge in [0.05, 0.1) is 0 Å². The lowest BCUT2D eigenvalue weighted by atomic mass is 9.81. The van der Waals surface area contributed by atoms with Gasteiger partial charge in [0.25, 0.3) is 5.91 Å². The van der Waals surface area contributed by atoms with E-state index in [-0.39, 0.29) is 36.3 Å². The molecule has 3 aromatic rings. The number of hydrogen-bond acceptors (Lipinski definition) is 6. The van der Waals surface area contributed by atoms with E-state index in [4.69, 9.17) is 0 Å². The number of ether oxygens (including phenoxy) is 1. The molecule has 216 valence electrons. The summed E-state index contributed by atoms with van der Waals surface area (Å²) < 4.78 is 30.6. The Morgan fingerprint density at radius 3 is 2.56 bits per heavy atom. The summed E-state index contributed by atoms with van der Waals surface area (Å²) in [7, 11) is 0. The van der Waals surface area contributed by atoms with E-state index in [0.29, 0.717) is 54.9 Å². The first-order valence-corrected chi connectivity index (χ1v) is 13.6. The number of aromatic nitrogens is 1. The number of amides is 4. The molecule has 2 aromatic carbocycles. The largest absolute Gasteiger partial charge is 0.508 e. The number of alkyl halides is 2. The third-order valence-corrected chi connectivity index (χ3v) is 8.51. The molecule has 10 nitrogen and oxygen atoms in total. The molecule has 6 rings (SSSR count). The average molecular weight is 568 g/mol. The predicted molar refractivity (Wildman–Crippen MR) is 145 cm³/mol. The van der Waals surface area contributed by atoms with Gasteiger partial charge in [-0.2, -0.15) is 8.78 Å². The van der Waals surface area contributed by atoms with Crippen molar-refractivity contribution in [2.45, 2.75) is 38.5 Å². The molecule has 1 unspecified atom stereocenters. The van der Waals surface area contributed by atoms with E-state index in [0.717, 1.165) is 5.56 Å². The minimum absolute atomic E-state index is 0.00360. The van der Waals surface area contributed by atoms with E-state index < -0.39 is 24.2 Å². The molecule has 2 atom stereocenters. The molecular weight excluding hydrogens is 536 g/mol. The molecule has 0 bridgehead atoms. The molecule has 0 aliphatic carbocycles. The van der Waals surface area contributed by atoms with E-state index in [1.807, 2.05) is 0 Å². The Morgan fingerprint density at radius 2 is 1.88 bits per heavy atom. The summed E-state index contributed by atoms with van der Waals surface area (Å²) in [5.74, 6) is -0.299. The molecule has 41 heavy (non-hydrogen) atoms. The number of hydrogen-bond donors (Lipinski definition) is 2. The molecule has 0 radical (unpaired) electrons. The van der Waals surface area contributed by atoms with Gasteiger partial charge < -0.3 is 19.7 Å². The van der Waals surface area contributed by atoms with Crippen molar-refractivity contribution in [2.24, 2.45) is 0 Å². The first kappa shape index (κ1) is 27.0. The maximum atomic E-state index is 14.0. The number of phenolic OH excluding ortho intramolecular Hbond substituents is 1. The van der Waals surface area contributed by atoms with E-state index in [2.05, 4.69) is 14.6 Å². The average Bonchev–Trinajstić information content (AvgIpc) is 3.37. The number of aromatic amines is 1. The van der Waals surface area contributed by atoms with Crippen LogP contribution >= 0.6 is 0 Å². The number of nitrogens with one attached hydrogen (secondary N) is 1. The fourth-order valence-corrected chi connectivity index (χ4v) is 6.43. The van der Waals surface area contributed by atoms with Crippen molar-refractivity contribution >= 4 is 28.7 Å². The van der Waals surface area contributed by atoms with Crippen molar-refractivity contribution in [3.05, 3.63) is 59.3 Å². The first-order chi connectivity index (χ1) is 19.6. The number of rotatable bonds is 6. The monoisotopic (exact) mass is 567 g/mol. The topological polar surface area (TPSA) is 109 Å². The smallest absolute Gasteiger partial charge is 0.387 e. The fourth-order valence-electron chi connectivity index (χ4n) is 6.43. The highest BCUT2D eigenvalue weighted by Crippen LogP contribution is 2.49. The van der Waals surface area contributed by atoms with Crippen molar-refractivity contribution in [3.63, 3.8) is 0 Å². The number of phenols is 1. The van der Waals surface area contributed by atoms with Gasteiger partial charge in [-0.15, -0.1) is 0 Å². The molecule has 3 aliphatic rings. The fraction of sp³-hybridized carbons (Fsp3) is 0.414. The Morgan fingerprint density at radius 1 is 1.12 bits per heavy atom. The second kappa shape index (κ2) is 10.0. The van der Waals surface area contributed by atoms with Gasteiger partial charge >= 0.3 is 12.6 Å². The number of piperazine rings is 1. The third-order valence-electron chi connectivity index (χ3n) is 8.51. The number of imide groups is 1. The molecule has 12 heteroatoms. The summed E-state index contributed by atoms with van der Waals surface area (Å²) in [6.07, 6.45) is 0.175. The Hall–Kier alpha value is -4.19. The van der Waals surface area contributed by atoms with Crippen LogP contribution in [0.1, 0.15) is 36.7 Å². The summed E-state index contributed by atoms with van der Waals surface area (Å²) in [6.45, 7) is 3.47. The number of halogens is 2. The number of nitrogens with zero attached hydrogens (tertiary/aromatic N) is 4. The molecule has 4 amide bonds. The van der Waals surface area contributed by atoms with Crippen molar-refractivity contribution in [1.82, 2.24) is 24.6 Å². The van der Waals surface area contributed by atoms with Gasteiger partial charge in [-0.25, -0.2) is 4.79 Å². The highest BCUT2D eigenvalue weighted by atomic mass is 19.3. The molecule has 0 saturated carbocycles. The zero-order chi connectivity index (χ0) is 29.1. The zero-order valence-corrected chi connectivity index (χ0v) is 22.8. The number of urea groups is 1. The van der Waals surface area contributed by atoms with Gasteiger partial charge in [-0.05, 0) is 48.4 Å². The van der Waals surface area contributed by atoms with Gasteiger partial charge in [0.15, 0.2) is 0 Å². The lowest BCUT2D eigenvalue weighted by Crippen LogP contribution is -2.53. The molecule has 2 N–H and O–H groups in total. The maximum Gasteiger partial charge on any atom is 0.387 e. The summed E-state index contributed by atoms with van der Waals surface area (Å²) in [5.41, 5.74) is 1.40. The Bertz CT molecular complexity index is 1540. The van der Waals surface area contributed by atoms with Crippen LogP contribution in [-0.4, -0.2) is 99.0 Å². The van der Waals surface area contributed by atoms with E-state index in [9.17, 15) is 28.3 Å². The Balaban J connectivity index is 1.36. The Kier molecular flexibility index (Phi) is 6.60. The lowest BCUT2D eigenvalue weighted by molar-refractivity contribution is -0.133. The van der Waals surface area contributed by atoms with Crippen LogP contribution in [-0.2, 0) is 16.0 Å². The Labute approximate surface area is 235 Å². The zero-order valence-electron chi connectivity index (χ0n) is 22.8. The summed E-state index contributed by atoms with van der Waals surface area (Å²) in [4.78, 5) is 49.8. The second-order valence-corrected chi connectivity index (χ2v) is 11.0. The van der Waals surface area contributed by atoms with Crippen molar-refractivity contribution < 1.29 is 33.0 Å². The molecule has 2 fully saturated rings. The number of carbonyl (C=O) groups excluding carboxylic acids is 3. The van der Waals surface area contributed by atoms with Crippen LogP contribution in [0.25, 0.3) is 10.9 Å². The molecule has 2 saturated heterocycles. The van der Waals surface area contributed by atoms with Gasteiger partial charge in [0.2, 0.25) is 5.91 Å². The standard InChI is InChI=1S/C29H31F2N5O5/c1-17(37)34-11-8-33(9-12-34)10-13-35-26(39)29(2)16-22-21-15-20(41-27(30)31)6-7-23(21)32-24(22)25(36(29)28(35)40)18-4-3-5-19(38)14-18/h3-7,14-15,25,27,32,38H,8-13,16H2,1-2H3/t25?,29-/m0/s1. The van der Waals surface area contributed by atoms with Crippen molar-refractivity contribution in [1.29, 1.82) is 0 Å². The summed E-state index contributed by atoms with van der Waals surface area (Å²) in [6, 6.07) is 9.99. The van der Waals surface area contributed by atoms with Crippen LogP contribution in [0, 0.1) is 0 Å². The van der Waals surface area contributed by atoms with Gasteiger partial charge in [-0.3, -0.25) is 24.3 Å². The molecule has 1 aromatic heterocycles. The minimum atomic E-state index is -2.98. The summed E-state index contributed by atoms with van der Waals surface area (Å²) in [5, 5.41) is 10.9. The van der Waals surface area contributed by atoms with Crippen LogP contribution in [0.2, 0.25) is 0 Å². The van der Waals surface area contributed by atoms with E-state index >= 15 is 0 Å². The third kappa shape index (κ3) is 4.55. The minimum Gasteiger partial charge on any atom is -0.508 e.